The summed E-state index contributed by atoms with van der Waals surface area (Å²) in [6, 6.07) is 4.92. The molecule has 9 nitrogen and oxygen atoms in total. The van der Waals surface area contributed by atoms with Gasteiger partial charge in [0, 0.05) is 24.8 Å². The monoisotopic (exact) mass is 400 g/mol. The average Bonchev–Trinajstić information content (AvgIpc) is 3.19. The Morgan fingerprint density at radius 3 is 2.50 bits per heavy atom. The number of pyridine rings is 1. The molecule has 0 saturated carbocycles. The summed E-state index contributed by atoms with van der Waals surface area (Å²) in [4.78, 5) is 24.7. The lowest BCUT2D eigenvalue weighted by molar-refractivity contribution is 0.101. The van der Waals surface area contributed by atoms with Crippen molar-refractivity contribution >= 4 is 15.8 Å². The van der Waals surface area contributed by atoms with Crippen LogP contribution in [0.2, 0.25) is 0 Å². The summed E-state index contributed by atoms with van der Waals surface area (Å²) in [5.74, 6) is -1.15. The van der Waals surface area contributed by atoms with Gasteiger partial charge in [-0.15, -0.1) is 0 Å². The number of ketones is 1. The van der Waals surface area contributed by atoms with E-state index in [9.17, 15) is 13.2 Å². The van der Waals surface area contributed by atoms with Crippen molar-refractivity contribution in [3.63, 3.8) is 0 Å². The van der Waals surface area contributed by atoms with E-state index in [1.165, 1.54) is 16.7 Å². The van der Waals surface area contributed by atoms with E-state index >= 15 is 0 Å². The van der Waals surface area contributed by atoms with Crippen LogP contribution in [0.4, 0.5) is 0 Å². The maximum Gasteiger partial charge on any atom is 0.221 e. The van der Waals surface area contributed by atoms with Gasteiger partial charge in [-0.3, -0.25) is 4.79 Å². The Labute approximate surface area is 163 Å². The Morgan fingerprint density at radius 2 is 1.82 bits per heavy atom. The first-order valence-electron chi connectivity index (χ1n) is 8.73. The van der Waals surface area contributed by atoms with Crippen LogP contribution in [0.3, 0.4) is 0 Å². The number of hydrogen-bond acceptors (Lipinski definition) is 7. The molecule has 0 N–H and O–H groups in total. The smallest absolute Gasteiger partial charge is 0.221 e. The number of Topliss-reactive ketones (excluding diaryl/α,β-unsaturated/α-hetero) is 1. The molecule has 10 heteroatoms. The molecule has 0 atom stereocenters. The summed E-state index contributed by atoms with van der Waals surface area (Å²) >= 11 is 0. The van der Waals surface area contributed by atoms with Gasteiger partial charge in [-0.1, -0.05) is 19.9 Å². The first kappa shape index (κ1) is 19.8. The quantitative estimate of drug-likeness (QED) is 0.528. The Kier molecular flexibility index (Phi) is 5.90. The van der Waals surface area contributed by atoms with Gasteiger partial charge >= 0.3 is 0 Å². The van der Waals surface area contributed by atoms with Gasteiger partial charge in [0.1, 0.15) is 23.5 Å². The van der Waals surface area contributed by atoms with Crippen LogP contribution in [0.5, 0.6) is 0 Å². The number of carbonyl (C=O) groups is 1. The fourth-order valence-corrected chi connectivity index (χ4v) is 4.15. The summed E-state index contributed by atoms with van der Waals surface area (Å²) in [6.45, 7) is 4.11. The van der Waals surface area contributed by atoms with Gasteiger partial charge in [0.05, 0.1) is 24.3 Å². The van der Waals surface area contributed by atoms with Crippen LogP contribution < -0.4 is 0 Å². The number of carbonyl (C=O) groups excluding carboxylic acids is 1. The van der Waals surface area contributed by atoms with Crippen molar-refractivity contribution in [3.8, 4) is 16.9 Å². The Morgan fingerprint density at radius 1 is 1.11 bits per heavy atom. The van der Waals surface area contributed by atoms with Crippen LogP contribution in [0, 0.1) is 0 Å². The lowest BCUT2D eigenvalue weighted by Gasteiger charge is -2.17. The average molecular weight is 400 g/mol. The lowest BCUT2D eigenvalue weighted by Crippen LogP contribution is -2.35. The maximum atomic E-state index is 12.5. The molecule has 0 amide bonds. The number of rotatable bonds is 8. The molecule has 0 aliphatic heterocycles. The summed E-state index contributed by atoms with van der Waals surface area (Å²) in [6.07, 6.45) is 8.01. The molecule has 0 aliphatic rings. The highest BCUT2D eigenvalue weighted by Gasteiger charge is 2.24. The summed E-state index contributed by atoms with van der Waals surface area (Å²) in [7, 11) is -3.67. The fraction of sp³-hybridized carbons (Fsp3) is 0.278. The Bertz CT molecular complexity index is 1060. The van der Waals surface area contributed by atoms with Crippen molar-refractivity contribution in [1.82, 2.24) is 29.0 Å². The summed E-state index contributed by atoms with van der Waals surface area (Å²) in [5.41, 5.74) is 2.00. The minimum atomic E-state index is -3.67. The molecule has 146 valence electrons. The fourth-order valence-electron chi connectivity index (χ4n) is 2.70. The normalized spacial score (nSPS) is 11.7. The van der Waals surface area contributed by atoms with Gasteiger partial charge in [0.2, 0.25) is 10.0 Å². The van der Waals surface area contributed by atoms with Crippen LogP contribution in [-0.4, -0.2) is 62.1 Å². The second-order valence-corrected chi connectivity index (χ2v) is 7.91. The second-order valence-electron chi connectivity index (χ2n) is 5.94. The van der Waals surface area contributed by atoms with Crippen LogP contribution in [0.1, 0.15) is 24.3 Å². The molecule has 3 rings (SSSR count). The van der Waals surface area contributed by atoms with E-state index in [0.29, 0.717) is 30.0 Å². The molecular weight excluding hydrogens is 380 g/mol. The van der Waals surface area contributed by atoms with Gasteiger partial charge < -0.3 is 0 Å². The van der Waals surface area contributed by atoms with Gasteiger partial charge in [-0.2, -0.15) is 5.10 Å². The third kappa shape index (κ3) is 4.29. The SMILES string of the molecule is CCN(CC)S(=O)(=O)CC(=O)c1cccc(-c2cnn(-c3cncnc3)c2)n1. The minimum absolute atomic E-state index is 0.101. The van der Waals surface area contributed by atoms with Gasteiger partial charge in [-0.05, 0) is 12.1 Å². The highest BCUT2D eigenvalue weighted by atomic mass is 32.2. The van der Waals surface area contributed by atoms with E-state index in [-0.39, 0.29) is 5.69 Å². The van der Waals surface area contributed by atoms with Crippen molar-refractivity contribution in [2.45, 2.75) is 13.8 Å². The van der Waals surface area contributed by atoms with E-state index in [1.54, 1.807) is 55.4 Å². The molecule has 0 spiro atoms. The van der Waals surface area contributed by atoms with Crippen molar-refractivity contribution in [1.29, 1.82) is 0 Å². The van der Waals surface area contributed by atoms with Crippen molar-refractivity contribution < 1.29 is 13.2 Å². The van der Waals surface area contributed by atoms with E-state index < -0.39 is 21.6 Å². The van der Waals surface area contributed by atoms with E-state index in [0.717, 1.165) is 0 Å². The van der Waals surface area contributed by atoms with E-state index in [4.69, 9.17) is 0 Å². The molecule has 3 aromatic heterocycles. The predicted molar refractivity (Wildman–Crippen MR) is 103 cm³/mol. The maximum absolute atomic E-state index is 12.5. The zero-order valence-electron chi connectivity index (χ0n) is 15.6. The number of nitrogens with zero attached hydrogens (tertiary/aromatic N) is 6. The standard InChI is InChI=1S/C18H20N6O3S/c1-3-23(4-2)28(26,27)12-18(25)17-7-5-6-16(22-17)14-8-21-24(11-14)15-9-19-13-20-10-15/h5-11,13H,3-4,12H2,1-2H3. The van der Waals surface area contributed by atoms with Crippen LogP contribution in [-0.2, 0) is 10.0 Å². The van der Waals surface area contributed by atoms with Crippen molar-refractivity contribution in [2.24, 2.45) is 0 Å². The van der Waals surface area contributed by atoms with E-state index in [1.807, 2.05) is 0 Å². The zero-order chi connectivity index (χ0) is 20.1. The Hall–Kier alpha value is -2.98. The number of sulfonamides is 1. The van der Waals surface area contributed by atoms with Crippen LogP contribution in [0.25, 0.3) is 16.9 Å². The molecule has 0 unspecified atom stereocenters. The molecule has 0 aliphatic carbocycles. The minimum Gasteiger partial charge on any atom is -0.291 e. The molecule has 3 aromatic rings. The molecule has 0 bridgehead atoms. The number of hydrogen-bond donors (Lipinski definition) is 0. The van der Waals surface area contributed by atoms with Gasteiger partial charge in [0.25, 0.3) is 0 Å². The summed E-state index contributed by atoms with van der Waals surface area (Å²) in [5, 5.41) is 4.25. The van der Waals surface area contributed by atoms with Gasteiger partial charge in [-0.25, -0.2) is 32.4 Å². The predicted octanol–water partition coefficient (Wildman–Crippen LogP) is 1.58. The largest absolute Gasteiger partial charge is 0.291 e. The zero-order valence-corrected chi connectivity index (χ0v) is 16.4. The Balaban J connectivity index is 1.83. The molecule has 0 saturated heterocycles. The third-order valence-corrected chi connectivity index (χ3v) is 6.07. The topological polar surface area (TPSA) is 111 Å². The third-order valence-electron chi connectivity index (χ3n) is 4.14. The van der Waals surface area contributed by atoms with E-state index in [2.05, 4.69) is 20.1 Å². The molecule has 0 fully saturated rings. The summed E-state index contributed by atoms with van der Waals surface area (Å²) < 4.78 is 27.5. The van der Waals surface area contributed by atoms with Crippen LogP contribution in [0.15, 0.2) is 49.3 Å². The molecular formula is C18H20N6O3S. The first-order chi connectivity index (χ1) is 13.4. The first-order valence-corrected chi connectivity index (χ1v) is 10.3. The van der Waals surface area contributed by atoms with Crippen LogP contribution >= 0.6 is 0 Å². The molecule has 0 radical (unpaired) electrons. The second kappa shape index (κ2) is 8.36. The number of aromatic nitrogens is 5. The van der Waals surface area contributed by atoms with Crippen molar-refractivity contribution in [2.75, 3.05) is 18.8 Å². The highest BCUT2D eigenvalue weighted by Crippen LogP contribution is 2.18. The molecule has 3 heterocycles. The van der Waals surface area contributed by atoms with Crippen molar-refractivity contribution in [3.05, 3.63) is 55.0 Å². The molecule has 28 heavy (non-hydrogen) atoms. The molecule has 0 aromatic carbocycles. The van der Waals surface area contributed by atoms with Gasteiger partial charge in [0.15, 0.2) is 5.78 Å². The highest BCUT2D eigenvalue weighted by molar-refractivity contribution is 7.89. The lowest BCUT2D eigenvalue weighted by atomic mass is 10.2.